The van der Waals surface area contributed by atoms with E-state index in [1.807, 2.05) is 0 Å². The number of hydrogen-bond acceptors (Lipinski definition) is 1. The van der Waals surface area contributed by atoms with E-state index in [0.717, 1.165) is 0 Å². The Hall–Kier alpha value is -1.24. The Labute approximate surface area is 92.2 Å². The summed E-state index contributed by atoms with van der Waals surface area (Å²) in [6.45, 7) is 6.03. The molecular weight excluding hydrogens is 182 g/mol. The van der Waals surface area contributed by atoms with Gasteiger partial charge in [-0.15, -0.1) is 6.58 Å². The van der Waals surface area contributed by atoms with Crippen molar-refractivity contribution in [3.8, 4) is 0 Å². The Morgan fingerprint density at radius 3 is 2.67 bits per heavy atom. The summed E-state index contributed by atoms with van der Waals surface area (Å²) in [6.07, 6.45) is 5.97. The van der Waals surface area contributed by atoms with Gasteiger partial charge in [-0.1, -0.05) is 30.2 Å². The number of anilines is 1. The van der Waals surface area contributed by atoms with Crippen molar-refractivity contribution in [3.05, 3.63) is 42.5 Å². The number of benzene rings is 1. The van der Waals surface area contributed by atoms with E-state index < -0.39 is 0 Å². The second kappa shape index (κ2) is 4.52. The summed E-state index contributed by atoms with van der Waals surface area (Å²) in [5.41, 5.74) is 2.55. The van der Waals surface area contributed by atoms with Crippen LogP contribution in [0.2, 0.25) is 0 Å². The van der Waals surface area contributed by atoms with Gasteiger partial charge in [0.15, 0.2) is 0 Å². The molecule has 0 saturated heterocycles. The van der Waals surface area contributed by atoms with Gasteiger partial charge in [-0.3, -0.25) is 0 Å². The van der Waals surface area contributed by atoms with Gasteiger partial charge in [-0.25, -0.2) is 0 Å². The number of aryl methyl sites for hydroxylation is 1. The van der Waals surface area contributed by atoms with E-state index in [-0.39, 0.29) is 0 Å². The minimum absolute atomic E-state index is 0.588. The zero-order valence-corrected chi connectivity index (χ0v) is 9.37. The second-order valence-electron chi connectivity index (χ2n) is 4.45. The molecule has 1 aliphatic carbocycles. The fraction of sp³-hybridized carbons (Fsp3) is 0.429. The zero-order valence-electron chi connectivity index (χ0n) is 9.37. The Morgan fingerprint density at radius 2 is 2.00 bits per heavy atom. The van der Waals surface area contributed by atoms with Crippen LogP contribution in [0, 0.1) is 12.8 Å². The largest absolute Gasteiger partial charge is 0.382 e. The van der Waals surface area contributed by atoms with Gasteiger partial charge in [-0.05, 0) is 37.8 Å². The highest BCUT2D eigenvalue weighted by Gasteiger charge is 2.24. The van der Waals surface area contributed by atoms with E-state index in [2.05, 4.69) is 49.2 Å². The van der Waals surface area contributed by atoms with Crippen LogP contribution in [-0.2, 0) is 0 Å². The van der Waals surface area contributed by atoms with Crippen molar-refractivity contribution in [2.45, 2.75) is 32.2 Å². The van der Waals surface area contributed by atoms with Gasteiger partial charge in [0.05, 0.1) is 0 Å². The van der Waals surface area contributed by atoms with Gasteiger partial charge in [0.2, 0.25) is 0 Å². The van der Waals surface area contributed by atoms with Gasteiger partial charge >= 0.3 is 0 Å². The van der Waals surface area contributed by atoms with Crippen LogP contribution in [0.5, 0.6) is 0 Å². The van der Waals surface area contributed by atoms with Gasteiger partial charge in [0.1, 0.15) is 0 Å². The summed E-state index contributed by atoms with van der Waals surface area (Å²) in [5.74, 6) is 0.645. The molecule has 1 aromatic rings. The molecule has 0 spiro atoms. The van der Waals surface area contributed by atoms with E-state index in [1.54, 1.807) is 0 Å². The highest BCUT2D eigenvalue weighted by molar-refractivity contribution is 5.45. The molecule has 2 unspecified atom stereocenters. The fourth-order valence-electron chi connectivity index (χ4n) is 2.31. The van der Waals surface area contributed by atoms with Crippen LogP contribution in [0.25, 0.3) is 0 Å². The van der Waals surface area contributed by atoms with Crippen molar-refractivity contribution < 1.29 is 0 Å². The third-order valence-electron chi connectivity index (χ3n) is 3.28. The second-order valence-corrected chi connectivity index (χ2v) is 4.45. The first-order chi connectivity index (χ1) is 7.29. The highest BCUT2D eigenvalue weighted by Crippen LogP contribution is 2.29. The molecule has 1 nitrogen and oxygen atoms in total. The normalized spacial score (nSPS) is 25.1. The molecule has 0 bridgehead atoms. The van der Waals surface area contributed by atoms with Crippen molar-refractivity contribution in [3.63, 3.8) is 0 Å². The summed E-state index contributed by atoms with van der Waals surface area (Å²) in [6, 6.07) is 9.22. The van der Waals surface area contributed by atoms with Crippen LogP contribution in [0.1, 0.15) is 24.8 Å². The van der Waals surface area contributed by atoms with Gasteiger partial charge in [0, 0.05) is 11.7 Å². The summed E-state index contributed by atoms with van der Waals surface area (Å²) in [4.78, 5) is 0. The number of rotatable bonds is 3. The molecule has 80 valence electrons. The summed E-state index contributed by atoms with van der Waals surface area (Å²) in [5, 5.41) is 3.60. The van der Waals surface area contributed by atoms with Crippen molar-refractivity contribution in [2.75, 3.05) is 5.32 Å². The minimum Gasteiger partial charge on any atom is -0.382 e. The summed E-state index contributed by atoms with van der Waals surface area (Å²) >= 11 is 0. The molecule has 1 aromatic carbocycles. The lowest BCUT2D eigenvalue weighted by atomic mass is 10.0. The lowest BCUT2D eigenvalue weighted by Crippen LogP contribution is -2.22. The standard InChI is InChI=1S/C14H19N/c1-3-12-5-4-6-14(12)15-13-9-7-11(2)8-10-13/h3,7-10,12,14-15H,1,4-6H2,2H3. The van der Waals surface area contributed by atoms with E-state index in [9.17, 15) is 0 Å². The summed E-state index contributed by atoms with van der Waals surface area (Å²) < 4.78 is 0. The van der Waals surface area contributed by atoms with Crippen LogP contribution >= 0.6 is 0 Å². The molecule has 1 N–H and O–H groups in total. The minimum atomic E-state index is 0.588. The summed E-state index contributed by atoms with van der Waals surface area (Å²) in [7, 11) is 0. The maximum absolute atomic E-state index is 3.91. The van der Waals surface area contributed by atoms with Gasteiger partial charge in [-0.2, -0.15) is 0 Å². The third-order valence-corrected chi connectivity index (χ3v) is 3.28. The first-order valence-electron chi connectivity index (χ1n) is 5.75. The maximum Gasteiger partial charge on any atom is 0.0342 e. The van der Waals surface area contributed by atoms with E-state index in [1.165, 1.54) is 30.5 Å². The molecule has 2 atom stereocenters. The quantitative estimate of drug-likeness (QED) is 0.734. The third kappa shape index (κ3) is 2.41. The van der Waals surface area contributed by atoms with E-state index in [4.69, 9.17) is 0 Å². The molecule has 1 fully saturated rings. The smallest absolute Gasteiger partial charge is 0.0342 e. The lowest BCUT2D eigenvalue weighted by molar-refractivity contribution is 0.618. The predicted octanol–water partition coefficient (Wildman–Crippen LogP) is 3.76. The Kier molecular flexibility index (Phi) is 3.10. The molecule has 1 heteroatoms. The lowest BCUT2D eigenvalue weighted by Gasteiger charge is -2.19. The number of nitrogens with one attached hydrogen (secondary N) is 1. The van der Waals surface area contributed by atoms with Gasteiger partial charge < -0.3 is 5.32 Å². The van der Waals surface area contributed by atoms with Crippen molar-refractivity contribution in [1.29, 1.82) is 0 Å². The molecule has 0 heterocycles. The zero-order chi connectivity index (χ0) is 10.7. The van der Waals surface area contributed by atoms with Gasteiger partial charge in [0.25, 0.3) is 0 Å². The Balaban J connectivity index is 2.02. The molecule has 0 amide bonds. The van der Waals surface area contributed by atoms with Crippen LogP contribution < -0.4 is 5.32 Å². The molecule has 1 aliphatic rings. The van der Waals surface area contributed by atoms with E-state index in [0.29, 0.717) is 12.0 Å². The Bertz CT molecular complexity index is 326. The van der Waals surface area contributed by atoms with Crippen LogP contribution in [0.3, 0.4) is 0 Å². The first-order valence-corrected chi connectivity index (χ1v) is 5.75. The highest BCUT2D eigenvalue weighted by atomic mass is 14.9. The average Bonchev–Trinajstić information content (AvgIpc) is 2.69. The number of hydrogen-bond donors (Lipinski definition) is 1. The average molecular weight is 201 g/mol. The molecule has 15 heavy (non-hydrogen) atoms. The Morgan fingerprint density at radius 1 is 1.27 bits per heavy atom. The predicted molar refractivity (Wildman–Crippen MR) is 66.1 cm³/mol. The van der Waals surface area contributed by atoms with Crippen molar-refractivity contribution >= 4 is 5.69 Å². The van der Waals surface area contributed by atoms with E-state index >= 15 is 0 Å². The molecule has 2 rings (SSSR count). The monoisotopic (exact) mass is 201 g/mol. The molecule has 0 aliphatic heterocycles. The molecule has 0 radical (unpaired) electrons. The topological polar surface area (TPSA) is 12.0 Å². The maximum atomic E-state index is 3.91. The van der Waals surface area contributed by atoms with Crippen LogP contribution in [0.15, 0.2) is 36.9 Å². The SMILES string of the molecule is C=CC1CCCC1Nc1ccc(C)cc1. The van der Waals surface area contributed by atoms with Crippen LogP contribution in [-0.4, -0.2) is 6.04 Å². The molecule has 0 aromatic heterocycles. The van der Waals surface area contributed by atoms with Crippen molar-refractivity contribution in [2.24, 2.45) is 5.92 Å². The van der Waals surface area contributed by atoms with Crippen molar-refractivity contribution in [1.82, 2.24) is 0 Å². The molecular formula is C14H19N. The van der Waals surface area contributed by atoms with Crippen LogP contribution in [0.4, 0.5) is 5.69 Å². The molecule has 1 saturated carbocycles. The fourth-order valence-corrected chi connectivity index (χ4v) is 2.31. The first kappa shape index (κ1) is 10.3.